The van der Waals surface area contributed by atoms with Gasteiger partial charge in [-0.25, -0.2) is 8.42 Å². The molecule has 24 heavy (non-hydrogen) atoms. The van der Waals surface area contributed by atoms with Crippen LogP contribution in [-0.2, 0) is 22.0 Å². The second kappa shape index (κ2) is 5.43. The zero-order chi connectivity index (χ0) is 16.8. The summed E-state index contributed by atoms with van der Waals surface area (Å²) < 4.78 is 26.8. The Balaban J connectivity index is 1.70. The van der Waals surface area contributed by atoms with Gasteiger partial charge in [-0.15, -0.1) is 0 Å². The molecule has 1 heterocycles. The highest BCUT2D eigenvalue weighted by Gasteiger charge is 2.35. The number of amidine groups is 1. The van der Waals surface area contributed by atoms with E-state index in [-0.39, 0.29) is 11.4 Å². The van der Waals surface area contributed by atoms with Crippen molar-refractivity contribution in [3.05, 3.63) is 65.2 Å². The molecule has 2 aromatic rings. The van der Waals surface area contributed by atoms with Crippen molar-refractivity contribution in [2.75, 3.05) is 6.54 Å². The predicted molar refractivity (Wildman–Crippen MR) is 91.4 cm³/mol. The monoisotopic (exact) mass is 342 g/mol. The molecular formula is C18H18N2O3S. The van der Waals surface area contributed by atoms with E-state index < -0.39 is 15.6 Å². The maximum absolute atomic E-state index is 12.1. The number of sulfonamides is 1. The average molecular weight is 342 g/mol. The summed E-state index contributed by atoms with van der Waals surface area (Å²) in [7, 11) is -3.55. The van der Waals surface area contributed by atoms with Gasteiger partial charge in [0.15, 0.2) is 0 Å². The average Bonchev–Trinajstić information content (AvgIpc) is 2.85. The Kier molecular flexibility index (Phi) is 3.47. The molecule has 4 rings (SSSR count). The minimum atomic E-state index is -3.55. The summed E-state index contributed by atoms with van der Waals surface area (Å²) in [6.45, 7) is 0.135. The zero-order valence-electron chi connectivity index (χ0n) is 13.1. The number of rotatable bonds is 2. The van der Waals surface area contributed by atoms with Gasteiger partial charge in [0.1, 0.15) is 11.4 Å². The quantitative estimate of drug-likeness (QED) is 0.875. The Labute approximate surface area is 141 Å². The highest BCUT2D eigenvalue weighted by atomic mass is 32.2. The Hall–Kier alpha value is -2.18. The molecule has 0 saturated heterocycles. The summed E-state index contributed by atoms with van der Waals surface area (Å²) in [5.74, 6) is 0.307. The van der Waals surface area contributed by atoms with E-state index in [1.165, 1.54) is 0 Å². The molecular weight excluding hydrogens is 324 g/mol. The van der Waals surface area contributed by atoms with Gasteiger partial charge in [0.05, 0.1) is 11.4 Å². The highest BCUT2D eigenvalue weighted by Crippen LogP contribution is 2.35. The second-order valence-electron chi connectivity index (χ2n) is 6.31. The van der Waals surface area contributed by atoms with Crippen LogP contribution in [0, 0.1) is 0 Å². The van der Waals surface area contributed by atoms with Crippen LogP contribution in [0.1, 0.15) is 29.5 Å². The van der Waals surface area contributed by atoms with Crippen molar-refractivity contribution >= 4 is 15.9 Å². The molecule has 0 fully saturated rings. The summed E-state index contributed by atoms with van der Waals surface area (Å²) in [5, 5.41) is 11.1. The molecule has 0 amide bonds. The number of aryl methyl sites for hydroxylation is 1. The van der Waals surface area contributed by atoms with Crippen LogP contribution in [0.4, 0.5) is 0 Å². The number of nitrogens with zero attached hydrogens (tertiary/aromatic N) is 1. The molecule has 124 valence electrons. The van der Waals surface area contributed by atoms with Crippen molar-refractivity contribution in [2.45, 2.75) is 29.8 Å². The number of hydrogen-bond donors (Lipinski definition) is 2. The molecule has 2 N–H and O–H groups in total. The second-order valence-corrected chi connectivity index (χ2v) is 7.96. The predicted octanol–water partition coefficient (Wildman–Crippen LogP) is 1.95. The van der Waals surface area contributed by atoms with Gasteiger partial charge in [-0.3, -0.25) is 9.71 Å². The fourth-order valence-corrected chi connectivity index (χ4v) is 4.77. The van der Waals surface area contributed by atoms with Gasteiger partial charge in [0.2, 0.25) is 0 Å². The number of fused-ring (bicyclic) bond motifs is 2. The third-order valence-corrected chi connectivity index (χ3v) is 6.11. The van der Waals surface area contributed by atoms with E-state index in [2.05, 4.69) is 9.71 Å². The number of benzene rings is 2. The van der Waals surface area contributed by atoms with E-state index in [1.807, 2.05) is 24.3 Å². The molecule has 1 aliphatic heterocycles. The van der Waals surface area contributed by atoms with Gasteiger partial charge in [0, 0.05) is 5.56 Å². The van der Waals surface area contributed by atoms with E-state index in [0.717, 1.165) is 24.0 Å². The molecule has 1 atom stereocenters. The van der Waals surface area contributed by atoms with Crippen molar-refractivity contribution in [3.8, 4) is 0 Å². The zero-order valence-corrected chi connectivity index (χ0v) is 13.9. The van der Waals surface area contributed by atoms with Gasteiger partial charge >= 0.3 is 0 Å². The first-order chi connectivity index (χ1) is 11.5. The van der Waals surface area contributed by atoms with Gasteiger partial charge in [0.25, 0.3) is 10.0 Å². The maximum Gasteiger partial charge on any atom is 0.263 e. The Morgan fingerprint density at radius 3 is 2.75 bits per heavy atom. The Morgan fingerprint density at radius 2 is 1.88 bits per heavy atom. The molecule has 2 aliphatic rings. The first-order valence-electron chi connectivity index (χ1n) is 7.97. The van der Waals surface area contributed by atoms with Gasteiger partial charge < -0.3 is 5.11 Å². The third-order valence-electron chi connectivity index (χ3n) is 4.72. The molecule has 6 heteroatoms. The first-order valence-corrected chi connectivity index (χ1v) is 9.45. The van der Waals surface area contributed by atoms with E-state index in [0.29, 0.717) is 17.8 Å². The molecule has 0 radical (unpaired) electrons. The van der Waals surface area contributed by atoms with Crippen LogP contribution in [0.2, 0.25) is 0 Å². The highest BCUT2D eigenvalue weighted by molar-refractivity contribution is 7.90. The standard InChI is InChI=1S/C18H18N2O3S/c21-18(11-5-7-13-6-1-3-9-15(13)18)12-19-17-14-8-2-4-10-16(14)24(22,23)20-17/h1-4,6,8-10,21H,5,7,11-12H2,(H,19,20). The van der Waals surface area contributed by atoms with Crippen molar-refractivity contribution < 1.29 is 13.5 Å². The van der Waals surface area contributed by atoms with Crippen molar-refractivity contribution in [1.82, 2.24) is 4.72 Å². The smallest absolute Gasteiger partial charge is 0.263 e. The Morgan fingerprint density at radius 1 is 1.12 bits per heavy atom. The van der Waals surface area contributed by atoms with Gasteiger partial charge in [-0.05, 0) is 42.5 Å². The van der Waals surface area contributed by atoms with E-state index >= 15 is 0 Å². The molecule has 5 nitrogen and oxygen atoms in total. The van der Waals surface area contributed by atoms with Crippen molar-refractivity contribution in [2.24, 2.45) is 4.99 Å². The topological polar surface area (TPSA) is 78.8 Å². The molecule has 0 spiro atoms. The van der Waals surface area contributed by atoms with Crippen LogP contribution in [0.3, 0.4) is 0 Å². The number of aliphatic hydroxyl groups is 1. The van der Waals surface area contributed by atoms with Crippen molar-refractivity contribution in [1.29, 1.82) is 0 Å². The minimum Gasteiger partial charge on any atom is -0.383 e. The number of nitrogens with one attached hydrogen (secondary N) is 1. The number of hydrogen-bond acceptors (Lipinski definition) is 4. The van der Waals surface area contributed by atoms with E-state index in [1.54, 1.807) is 24.3 Å². The normalized spacial score (nSPS) is 25.8. The lowest BCUT2D eigenvalue weighted by Crippen LogP contribution is -2.35. The van der Waals surface area contributed by atoms with Crippen molar-refractivity contribution in [3.63, 3.8) is 0 Å². The van der Waals surface area contributed by atoms with Crippen LogP contribution in [0.25, 0.3) is 0 Å². The van der Waals surface area contributed by atoms with Crippen LogP contribution in [-0.4, -0.2) is 25.9 Å². The lowest BCUT2D eigenvalue weighted by atomic mass is 9.79. The molecule has 0 bridgehead atoms. The van der Waals surface area contributed by atoms with Crippen LogP contribution in [0.15, 0.2) is 58.4 Å². The van der Waals surface area contributed by atoms with E-state index in [4.69, 9.17) is 0 Å². The van der Waals surface area contributed by atoms with Crippen LogP contribution in [0.5, 0.6) is 0 Å². The molecule has 0 aromatic heterocycles. The molecule has 2 aromatic carbocycles. The molecule has 0 saturated carbocycles. The lowest BCUT2D eigenvalue weighted by Gasteiger charge is -2.33. The number of aliphatic imine (C=N–C) groups is 1. The first kappa shape index (κ1) is 15.4. The Bertz CT molecular complexity index is 937. The molecule has 1 unspecified atom stereocenters. The summed E-state index contributed by atoms with van der Waals surface area (Å²) in [5.41, 5.74) is 1.55. The van der Waals surface area contributed by atoms with Crippen LogP contribution >= 0.6 is 0 Å². The fraction of sp³-hybridized carbons (Fsp3) is 0.278. The van der Waals surface area contributed by atoms with Gasteiger partial charge in [-0.2, -0.15) is 0 Å². The SMILES string of the molecule is O=S1(=O)NC(=NCC2(O)CCCc3ccccc32)c2ccccc21. The summed E-state index contributed by atoms with van der Waals surface area (Å²) in [6, 6.07) is 14.6. The summed E-state index contributed by atoms with van der Waals surface area (Å²) >= 11 is 0. The van der Waals surface area contributed by atoms with Crippen LogP contribution < -0.4 is 4.72 Å². The minimum absolute atomic E-state index is 0.135. The third kappa shape index (κ3) is 2.42. The lowest BCUT2D eigenvalue weighted by molar-refractivity contribution is 0.0285. The van der Waals surface area contributed by atoms with E-state index in [9.17, 15) is 13.5 Å². The fourth-order valence-electron chi connectivity index (χ4n) is 3.52. The summed E-state index contributed by atoms with van der Waals surface area (Å²) in [6.07, 6.45) is 2.46. The van der Waals surface area contributed by atoms with Gasteiger partial charge in [-0.1, -0.05) is 36.4 Å². The maximum atomic E-state index is 12.1. The molecule has 1 aliphatic carbocycles. The summed E-state index contributed by atoms with van der Waals surface area (Å²) in [4.78, 5) is 4.67. The largest absolute Gasteiger partial charge is 0.383 e.